The molecule has 1 aromatic rings. The number of nitrogens with two attached hydrogens (primary N) is 1. The minimum atomic E-state index is 0.00301. The van der Waals surface area contributed by atoms with E-state index in [-0.39, 0.29) is 6.10 Å². The highest BCUT2D eigenvalue weighted by molar-refractivity contribution is 5.53. The summed E-state index contributed by atoms with van der Waals surface area (Å²) in [6.45, 7) is 1.53. The molecule has 2 aliphatic heterocycles. The average Bonchev–Trinajstić information content (AvgIpc) is 2.76. The van der Waals surface area contributed by atoms with Crippen molar-refractivity contribution in [3.05, 3.63) is 23.3 Å². The second kappa shape index (κ2) is 3.40. The van der Waals surface area contributed by atoms with Gasteiger partial charge in [-0.2, -0.15) is 0 Å². The van der Waals surface area contributed by atoms with E-state index in [0.717, 1.165) is 23.5 Å². The largest absolute Gasteiger partial charge is 0.454 e. The monoisotopic (exact) mass is 207 g/mol. The number of fused-ring (bicyclic) bond motifs is 3. The zero-order valence-electron chi connectivity index (χ0n) is 8.36. The third-order valence-corrected chi connectivity index (χ3v) is 2.91. The quantitative estimate of drug-likeness (QED) is 0.746. The molecule has 0 aromatic heterocycles. The first-order chi connectivity index (χ1) is 7.40. The fourth-order valence-electron chi connectivity index (χ4n) is 2.19. The summed E-state index contributed by atoms with van der Waals surface area (Å²) in [5.74, 6) is 1.72. The van der Waals surface area contributed by atoms with Gasteiger partial charge in [-0.1, -0.05) is 6.07 Å². The van der Waals surface area contributed by atoms with Crippen LogP contribution in [0.1, 0.15) is 17.2 Å². The van der Waals surface area contributed by atoms with Crippen molar-refractivity contribution in [2.24, 2.45) is 5.73 Å². The molecule has 1 aromatic carbocycles. The molecular formula is C11H13NO3. The lowest BCUT2D eigenvalue weighted by molar-refractivity contribution is 0.0476. The first-order valence-electron chi connectivity index (χ1n) is 5.13. The van der Waals surface area contributed by atoms with E-state index in [9.17, 15) is 0 Å². The predicted molar refractivity (Wildman–Crippen MR) is 54.0 cm³/mol. The summed E-state index contributed by atoms with van der Waals surface area (Å²) >= 11 is 0. The minimum Gasteiger partial charge on any atom is -0.454 e. The van der Waals surface area contributed by atoms with Gasteiger partial charge in [0, 0.05) is 12.1 Å². The molecule has 0 spiro atoms. The van der Waals surface area contributed by atoms with Crippen molar-refractivity contribution in [2.45, 2.75) is 12.5 Å². The molecule has 0 saturated heterocycles. The van der Waals surface area contributed by atoms with Crippen molar-refractivity contribution < 1.29 is 14.2 Å². The molecule has 4 heteroatoms. The second-order valence-electron chi connectivity index (χ2n) is 3.71. The van der Waals surface area contributed by atoms with Gasteiger partial charge in [-0.05, 0) is 18.1 Å². The SMILES string of the molecule is NC[C@@H]1OCCc2c1ccc1c2OCO1. The highest BCUT2D eigenvalue weighted by atomic mass is 16.7. The second-order valence-corrected chi connectivity index (χ2v) is 3.71. The van der Waals surface area contributed by atoms with Crippen LogP contribution in [0.5, 0.6) is 11.5 Å². The van der Waals surface area contributed by atoms with Crippen LogP contribution >= 0.6 is 0 Å². The Kier molecular flexibility index (Phi) is 2.04. The van der Waals surface area contributed by atoms with Crippen molar-refractivity contribution in [2.75, 3.05) is 19.9 Å². The molecule has 1 atom stereocenters. The predicted octanol–water partition coefficient (Wildman–Crippen LogP) is 0.988. The molecule has 0 amide bonds. The Bertz CT molecular complexity index is 392. The van der Waals surface area contributed by atoms with Gasteiger partial charge in [0.25, 0.3) is 0 Å². The molecule has 3 rings (SSSR count). The van der Waals surface area contributed by atoms with Crippen LogP contribution in [0.4, 0.5) is 0 Å². The topological polar surface area (TPSA) is 53.7 Å². The first kappa shape index (κ1) is 9.00. The van der Waals surface area contributed by atoms with E-state index in [0.29, 0.717) is 19.9 Å². The molecule has 0 aliphatic carbocycles. The summed E-state index contributed by atoms with van der Waals surface area (Å²) in [4.78, 5) is 0. The lowest BCUT2D eigenvalue weighted by Crippen LogP contribution is -2.23. The van der Waals surface area contributed by atoms with E-state index in [2.05, 4.69) is 0 Å². The van der Waals surface area contributed by atoms with E-state index in [1.54, 1.807) is 0 Å². The van der Waals surface area contributed by atoms with Gasteiger partial charge < -0.3 is 19.9 Å². The van der Waals surface area contributed by atoms with Crippen LogP contribution in [-0.2, 0) is 11.2 Å². The lowest BCUT2D eigenvalue weighted by Gasteiger charge is -2.25. The Balaban J connectivity index is 2.11. The fraction of sp³-hybridized carbons (Fsp3) is 0.455. The van der Waals surface area contributed by atoms with Crippen LogP contribution in [0.2, 0.25) is 0 Å². The maximum absolute atomic E-state index is 5.67. The zero-order valence-corrected chi connectivity index (χ0v) is 8.36. The van der Waals surface area contributed by atoms with E-state index in [1.165, 1.54) is 5.56 Å². The molecular weight excluding hydrogens is 194 g/mol. The first-order valence-corrected chi connectivity index (χ1v) is 5.13. The fourth-order valence-corrected chi connectivity index (χ4v) is 2.19. The van der Waals surface area contributed by atoms with Gasteiger partial charge >= 0.3 is 0 Å². The van der Waals surface area contributed by atoms with Crippen LogP contribution in [0, 0.1) is 0 Å². The molecule has 0 fully saturated rings. The zero-order chi connectivity index (χ0) is 10.3. The van der Waals surface area contributed by atoms with Crippen molar-refractivity contribution >= 4 is 0 Å². The number of rotatable bonds is 1. The average molecular weight is 207 g/mol. The Morgan fingerprint density at radius 2 is 2.27 bits per heavy atom. The third kappa shape index (κ3) is 1.29. The maximum Gasteiger partial charge on any atom is 0.231 e. The molecule has 2 N–H and O–H groups in total. The number of ether oxygens (including phenoxy) is 3. The molecule has 0 bridgehead atoms. The highest BCUT2D eigenvalue weighted by Crippen LogP contribution is 2.41. The number of hydrogen-bond acceptors (Lipinski definition) is 4. The van der Waals surface area contributed by atoms with Gasteiger partial charge in [0.2, 0.25) is 6.79 Å². The van der Waals surface area contributed by atoms with Crippen LogP contribution in [0.25, 0.3) is 0 Å². The summed E-state index contributed by atoms with van der Waals surface area (Å²) in [7, 11) is 0. The van der Waals surface area contributed by atoms with Crippen molar-refractivity contribution in [3.63, 3.8) is 0 Å². The highest BCUT2D eigenvalue weighted by Gasteiger charge is 2.27. The molecule has 15 heavy (non-hydrogen) atoms. The maximum atomic E-state index is 5.67. The molecule has 0 unspecified atom stereocenters. The molecule has 2 heterocycles. The van der Waals surface area contributed by atoms with Crippen LogP contribution in [0.3, 0.4) is 0 Å². The summed E-state index contributed by atoms with van der Waals surface area (Å²) in [5.41, 5.74) is 8.01. The van der Waals surface area contributed by atoms with Gasteiger partial charge in [0.1, 0.15) is 0 Å². The van der Waals surface area contributed by atoms with Crippen molar-refractivity contribution in [1.82, 2.24) is 0 Å². The Morgan fingerprint density at radius 1 is 1.33 bits per heavy atom. The molecule has 80 valence electrons. The summed E-state index contributed by atoms with van der Waals surface area (Å²) < 4.78 is 16.4. The van der Waals surface area contributed by atoms with E-state index < -0.39 is 0 Å². The number of hydrogen-bond donors (Lipinski definition) is 1. The van der Waals surface area contributed by atoms with Gasteiger partial charge in [-0.15, -0.1) is 0 Å². The van der Waals surface area contributed by atoms with Crippen LogP contribution in [-0.4, -0.2) is 19.9 Å². The molecule has 4 nitrogen and oxygen atoms in total. The lowest BCUT2D eigenvalue weighted by atomic mass is 9.96. The molecule has 2 aliphatic rings. The number of benzene rings is 1. The minimum absolute atomic E-state index is 0.00301. The summed E-state index contributed by atoms with van der Waals surface area (Å²) in [5, 5.41) is 0. The van der Waals surface area contributed by atoms with E-state index in [4.69, 9.17) is 19.9 Å². The van der Waals surface area contributed by atoms with E-state index in [1.807, 2.05) is 12.1 Å². The Labute approximate surface area is 87.9 Å². The van der Waals surface area contributed by atoms with Crippen molar-refractivity contribution in [3.8, 4) is 11.5 Å². The Morgan fingerprint density at radius 3 is 3.13 bits per heavy atom. The summed E-state index contributed by atoms with van der Waals surface area (Å²) in [6, 6.07) is 3.96. The standard InChI is InChI=1S/C11H13NO3/c12-5-10-7-1-2-9-11(15-6-14-9)8(7)3-4-13-10/h1-2,10H,3-6,12H2/t10-/m0/s1. The normalized spacial score (nSPS) is 22.6. The smallest absolute Gasteiger partial charge is 0.231 e. The van der Waals surface area contributed by atoms with Crippen molar-refractivity contribution in [1.29, 1.82) is 0 Å². The van der Waals surface area contributed by atoms with Gasteiger partial charge in [-0.25, -0.2) is 0 Å². The van der Waals surface area contributed by atoms with Crippen LogP contribution < -0.4 is 15.2 Å². The summed E-state index contributed by atoms with van der Waals surface area (Å²) in [6.07, 6.45) is 0.876. The third-order valence-electron chi connectivity index (χ3n) is 2.91. The molecule has 0 radical (unpaired) electrons. The van der Waals surface area contributed by atoms with Gasteiger partial charge in [-0.3, -0.25) is 0 Å². The van der Waals surface area contributed by atoms with Crippen LogP contribution in [0.15, 0.2) is 12.1 Å². The van der Waals surface area contributed by atoms with E-state index >= 15 is 0 Å². The molecule has 0 saturated carbocycles. The van der Waals surface area contributed by atoms with Gasteiger partial charge in [0.15, 0.2) is 11.5 Å². The van der Waals surface area contributed by atoms with Gasteiger partial charge in [0.05, 0.1) is 12.7 Å². The Hall–Kier alpha value is -1.26.